The number of primary amides is 1. The molecule has 0 radical (unpaired) electrons. The van der Waals surface area contributed by atoms with Gasteiger partial charge in [0.1, 0.15) is 5.75 Å². The van der Waals surface area contributed by atoms with E-state index in [4.69, 9.17) is 5.73 Å². The molecule has 0 bridgehead atoms. The van der Waals surface area contributed by atoms with Crippen molar-refractivity contribution in [2.45, 2.75) is 31.9 Å². The van der Waals surface area contributed by atoms with E-state index in [1.807, 2.05) is 0 Å². The second-order valence-electron chi connectivity index (χ2n) is 5.95. The highest BCUT2D eigenvalue weighted by atomic mass is 16.3. The molecule has 1 aromatic carbocycles. The van der Waals surface area contributed by atoms with Crippen LogP contribution in [0.1, 0.15) is 27.9 Å². The average Bonchev–Trinajstić information content (AvgIpc) is 2.90. The van der Waals surface area contributed by atoms with Gasteiger partial charge in [0.15, 0.2) is 0 Å². The first-order valence-corrected chi connectivity index (χ1v) is 7.39. The lowest BCUT2D eigenvalue weighted by Gasteiger charge is -2.24. The molecule has 4 N–H and O–H groups in total. The van der Waals surface area contributed by atoms with Crippen LogP contribution in [0.5, 0.6) is 5.75 Å². The zero-order valence-electron chi connectivity index (χ0n) is 12.7. The summed E-state index contributed by atoms with van der Waals surface area (Å²) in [5.74, 6) is -0.765. The van der Waals surface area contributed by atoms with Gasteiger partial charge >= 0.3 is 0 Å². The van der Waals surface area contributed by atoms with Crippen molar-refractivity contribution in [1.82, 2.24) is 4.90 Å². The number of benzene rings is 1. The third-order valence-electron chi connectivity index (χ3n) is 4.38. The molecular weight excluding hydrogens is 296 g/mol. The van der Waals surface area contributed by atoms with Crippen molar-refractivity contribution in [2.24, 2.45) is 5.73 Å². The molecule has 0 unspecified atom stereocenters. The zero-order valence-corrected chi connectivity index (χ0v) is 12.7. The maximum Gasteiger partial charge on any atom is 0.258 e. The Bertz CT molecular complexity index is 751. The summed E-state index contributed by atoms with van der Waals surface area (Å²) in [5.41, 5.74) is 7.38. The number of carbonyl (C=O) groups is 2. The first-order chi connectivity index (χ1) is 10.9. The molecule has 2 atom stereocenters. The van der Waals surface area contributed by atoms with Crippen LogP contribution in [0.2, 0.25) is 0 Å². The number of aliphatic hydroxyl groups excluding tert-OH is 1. The molecule has 3 rings (SSSR count). The fraction of sp³-hybridized carbons (Fsp3) is 0.294. The van der Waals surface area contributed by atoms with E-state index in [1.165, 1.54) is 11.0 Å². The number of hydrogen-bond donors (Lipinski definition) is 3. The maximum absolute atomic E-state index is 12.8. The number of amides is 2. The Hall–Kier alpha value is -2.60. The van der Waals surface area contributed by atoms with Crippen molar-refractivity contribution >= 4 is 11.8 Å². The number of phenols is 1. The second-order valence-corrected chi connectivity index (χ2v) is 5.95. The topological polar surface area (TPSA) is 104 Å². The lowest BCUT2D eigenvalue weighted by Crippen LogP contribution is -2.39. The number of phenolic OH excluding ortho intramolecular Hbond substituents is 1. The summed E-state index contributed by atoms with van der Waals surface area (Å²) in [6.07, 6.45) is 4.26. The molecule has 6 nitrogen and oxygen atoms in total. The van der Waals surface area contributed by atoms with Crippen molar-refractivity contribution in [3.05, 3.63) is 52.7 Å². The number of aryl methyl sites for hydroxylation is 1. The van der Waals surface area contributed by atoms with E-state index in [1.54, 1.807) is 31.3 Å². The molecule has 0 fully saturated rings. The van der Waals surface area contributed by atoms with E-state index < -0.39 is 18.1 Å². The van der Waals surface area contributed by atoms with Crippen LogP contribution in [0.25, 0.3) is 0 Å². The van der Waals surface area contributed by atoms with Crippen LogP contribution in [-0.2, 0) is 11.2 Å². The lowest BCUT2D eigenvalue weighted by molar-refractivity contribution is -0.113. The summed E-state index contributed by atoms with van der Waals surface area (Å²) >= 11 is 0. The minimum atomic E-state index is -0.802. The molecule has 2 amide bonds. The standard InChI is InChI=1S/C17H18N2O4/c1-9-2-4-11-12(16(9)22)7-14(20)13-6-10(3-5-15(18)21)8-19(13)17(11)23/h2-5,8,13-14,20,22H,6-7H2,1H3,(H2,18,21)/b5-3+/t13-,14+/m0/s1. The molecule has 2 aliphatic rings. The van der Waals surface area contributed by atoms with Crippen molar-refractivity contribution in [1.29, 1.82) is 0 Å². The number of nitrogens with two attached hydrogens (primary N) is 1. The summed E-state index contributed by atoms with van der Waals surface area (Å²) in [7, 11) is 0. The maximum atomic E-state index is 12.8. The van der Waals surface area contributed by atoms with Gasteiger partial charge in [-0.15, -0.1) is 0 Å². The highest BCUT2D eigenvalue weighted by Gasteiger charge is 2.39. The van der Waals surface area contributed by atoms with Gasteiger partial charge in [0.2, 0.25) is 5.91 Å². The molecule has 23 heavy (non-hydrogen) atoms. The van der Waals surface area contributed by atoms with E-state index in [-0.39, 0.29) is 18.1 Å². The Labute approximate surface area is 133 Å². The summed E-state index contributed by atoms with van der Waals surface area (Å²) < 4.78 is 0. The molecule has 0 spiro atoms. The lowest BCUT2D eigenvalue weighted by atomic mass is 9.95. The van der Waals surface area contributed by atoms with Gasteiger partial charge in [-0.05, 0) is 30.5 Å². The molecular formula is C17H18N2O4. The summed E-state index contributed by atoms with van der Waals surface area (Å²) in [6, 6.07) is 2.95. The minimum Gasteiger partial charge on any atom is -0.507 e. The number of rotatable bonds is 2. The van der Waals surface area contributed by atoms with E-state index in [2.05, 4.69) is 0 Å². The number of carbonyl (C=O) groups excluding carboxylic acids is 2. The van der Waals surface area contributed by atoms with Crippen LogP contribution in [0.4, 0.5) is 0 Å². The predicted molar refractivity (Wildman–Crippen MR) is 83.5 cm³/mol. The van der Waals surface area contributed by atoms with Gasteiger partial charge in [0.05, 0.1) is 12.1 Å². The molecule has 0 saturated carbocycles. The quantitative estimate of drug-likeness (QED) is 0.701. The van der Waals surface area contributed by atoms with Crippen LogP contribution in [-0.4, -0.2) is 39.1 Å². The summed E-state index contributed by atoms with van der Waals surface area (Å²) in [6.45, 7) is 1.76. The number of nitrogens with zero attached hydrogens (tertiary/aromatic N) is 1. The Kier molecular flexibility index (Phi) is 3.69. The fourth-order valence-electron chi connectivity index (χ4n) is 3.14. The molecule has 0 aliphatic carbocycles. The van der Waals surface area contributed by atoms with Crippen LogP contribution in [0.15, 0.2) is 36.1 Å². The Morgan fingerprint density at radius 3 is 2.83 bits per heavy atom. The first kappa shape index (κ1) is 15.3. The monoisotopic (exact) mass is 314 g/mol. The van der Waals surface area contributed by atoms with Gasteiger partial charge in [0.25, 0.3) is 5.91 Å². The average molecular weight is 314 g/mol. The van der Waals surface area contributed by atoms with Gasteiger partial charge in [-0.25, -0.2) is 0 Å². The summed E-state index contributed by atoms with van der Waals surface area (Å²) in [5, 5.41) is 20.7. The second kappa shape index (κ2) is 5.55. The fourth-order valence-corrected chi connectivity index (χ4v) is 3.14. The number of aliphatic hydroxyl groups is 1. The minimum absolute atomic E-state index is 0.0638. The van der Waals surface area contributed by atoms with E-state index in [9.17, 15) is 19.8 Å². The molecule has 0 aromatic heterocycles. The van der Waals surface area contributed by atoms with Gasteiger partial charge < -0.3 is 20.8 Å². The van der Waals surface area contributed by atoms with Crippen molar-refractivity contribution in [3.8, 4) is 5.75 Å². The summed E-state index contributed by atoms with van der Waals surface area (Å²) in [4.78, 5) is 25.1. The van der Waals surface area contributed by atoms with E-state index >= 15 is 0 Å². The largest absolute Gasteiger partial charge is 0.507 e. The van der Waals surface area contributed by atoms with Gasteiger partial charge in [0, 0.05) is 29.8 Å². The van der Waals surface area contributed by atoms with Gasteiger partial charge in [-0.2, -0.15) is 0 Å². The molecule has 120 valence electrons. The molecule has 6 heteroatoms. The van der Waals surface area contributed by atoms with Crippen LogP contribution < -0.4 is 5.73 Å². The van der Waals surface area contributed by atoms with E-state index in [0.717, 1.165) is 5.57 Å². The third kappa shape index (κ3) is 2.61. The highest BCUT2D eigenvalue weighted by molar-refractivity contribution is 5.98. The van der Waals surface area contributed by atoms with E-state index in [0.29, 0.717) is 23.1 Å². The normalized spacial score (nSPS) is 23.5. The smallest absolute Gasteiger partial charge is 0.258 e. The number of hydrogen-bond acceptors (Lipinski definition) is 4. The molecule has 2 heterocycles. The predicted octanol–water partition coefficient (Wildman–Crippen LogP) is 0.758. The Morgan fingerprint density at radius 2 is 2.13 bits per heavy atom. The SMILES string of the molecule is Cc1ccc2c(c1O)C[C@@H](O)[C@@H]1CC(/C=C/C(N)=O)=CN1C2=O. The zero-order chi connectivity index (χ0) is 16.7. The van der Waals surface area contributed by atoms with Gasteiger partial charge in [-0.1, -0.05) is 12.1 Å². The van der Waals surface area contributed by atoms with Crippen molar-refractivity contribution in [2.75, 3.05) is 0 Å². The number of fused-ring (bicyclic) bond motifs is 2. The van der Waals surface area contributed by atoms with Crippen molar-refractivity contribution in [3.63, 3.8) is 0 Å². The third-order valence-corrected chi connectivity index (χ3v) is 4.38. The van der Waals surface area contributed by atoms with Crippen LogP contribution in [0.3, 0.4) is 0 Å². The molecule has 0 saturated heterocycles. The first-order valence-electron chi connectivity index (χ1n) is 7.39. The number of aromatic hydroxyl groups is 1. The highest BCUT2D eigenvalue weighted by Crippen LogP contribution is 2.36. The molecule has 2 aliphatic heterocycles. The van der Waals surface area contributed by atoms with Gasteiger partial charge in [-0.3, -0.25) is 9.59 Å². The van der Waals surface area contributed by atoms with Crippen LogP contribution in [0, 0.1) is 6.92 Å². The number of allylic oxidation sites excluding steroid dienone is 1. The Morgan fingerprint density at radius 1 is 1.39 bits per heavy atom. The van der Waals surface area contributed by atoms with Crippen molar-refractivity contribution < 1.29 is 19.8 Å². The Balaban J connectivity index is 2.01. The van der Waals surface area contributed by atoms with Crippen LogP contribution >= 0.6 is 0 Å². The molecule has 1 aromatic rings.